The van der Waals surface area contributed by atoms with Crippen molar-refractivity contribution in [3.8, 4) is 0 Å². The number of fused-ring (bicyclic) bond motifs is 1. The Kier molecular flexibility index (Phi) is 15.1. The quantitative estimate of drug-likeness (QED) is 0.433. The zero-order valence-electron chi connectivity index (χ0n) is 20.2. The van der Waals surface area contributed by atoms with Gasteiger partial charge in [-0.25, -0.2) is 0 Å². The molecule has 3 N–H and O–H groups in total. The standard InChI is InChI=1S/C18H26O2.C7H14O2.CH4O/c1-12-11-13(2)18(15(4)19)20-14(3)9-10-16-7-5-6-8-17(12)16;1-6(7(2)9)4-3-5-8;1-2/h5-8,11,13,15-19H,3,9-10H2,1-2,4H3;5-7,9H,3-4H2,1-2H3;2H,1H3/b12-11+;;/t;6-,7?;/m.0./s1. The fourth-order valence-corrected chi connectivity index (χ4v) is 3.84. The SMILES string of the molecule is C=C1CCC2C=CC=CC2/C(C)=C/C(C)C(C(C)O)O1.CC(O)[C@@H](C)CCC=O.CO. The minimum atomic E-state index is -0.497. The highest BCUT2D eigenvalue weighted by atomic mass is 16.5. The molecule has 1 aliphatic carbocycles. The largest absolute Gasteiger partial charge is 0.492 e. The fourth-order valence-electron chi connectivity index (χ4n) is 3.84. The van der Waals surface area contributed by atoms with Crippen molar-refractivity contribution in [2.75, 3.05) is 7.11 Å². The smallest absolute Gasteiger partial charge is 0.130 e. The van der Waals surface area contributed by atoms with E-state index in [9.17, 15) is 9.90 Å². The molecule has 178 valence electrons. The van der Waals surface area contributed by atoms with Crippen LogP contribution in [-0.2, 0) is 9.53 Å². The van der Waals surface area contributed by atoms with Crippen LogP contribution in [0.2, 0.25) is 0 Å². The predicted octanol–water partition coefficient (Wildman–Crippen LogP) is 4.59. The number of hydrogen-bond donors (Lipinski definition) is 3. The van der Waals surface area contributed by atoms with Crippen LogP contribution in [0.3, 0.4) is 0 Å². The Balaban J connectivity index is 0.000000692. The normalized spacial score (nSPS) is 29.8. The maximum absolute atomic E-state index is 9.94. The molecule has 5 heteroatoms. The summed E-state index contributed by atoms with van der Waals surface area (Å²) in [6.07, 6.45) is 14.2. The van der Waals surface area contributed by atoms with E-state index in [1.807, 2.05) is 6.92 Å². The molecule has 0 saturated carbocycles. The lowest BCUT2D eigenvalue weighted by atomic mass is 9.79. The van der Waals surface area contributed by atoms with Gasteiger partial charge in [-0.05, 0) is 45.4 Å². The van der Waals surface area contributed by atoms with Gasteiger partial charge in [-0.1, -0.05) is 56.4 Å². The summed E-state index contributed by atoms with van der Waals surface area (Å²) in [6.45, 7) is 13.8. The molecule has 0 fully saturated rings. The Bertz CT molecular complexity index is 603. The molecule has 0 aromatic heterocycles. The van der Waals surface area contributed by atoms with Crippen molar-refractivity contribution in [1.82, 2.24) is 0 Å². The lowest BCUT2D eigenvalue weighted by Crippen LogP contribution is -2.33. The summed E-state index contributed by atoms with van der Waals surface area (Å²) in [6, 6.07) is 0. The predicted molar refractivity (Wildman–Crippen MR) is 127 cm³/mol. The van der Waals surface area contributed by atoms with Crippen molar-refractivity contribution in [1.29, 1.82) is 0 Å². The number of carbonyl (C=O) groups is 1. The molecule has 1 aliphatic heterocycles. The number of allylic oxidation sites excluding steroid dienone is 6. The molecule has 0 saturated heterocycles. The van der Waals surface area contributed by atoms with Crippen LogP contribution in [-0.4, -0.2) is 47.0 Å². The van der Waals surface area contributed by atoms with Crippen molar-refractivity contribution in [3.05, 3.63) is 48.3 Å². The van der Waals surface area contributed by atoms with E-state index in [2.05, 4.69) is 50.8 Å². The van der Waals surface area contributed by atoms with Gasteiger partial charge in [0.25, 0.3) is 0 Å². The Morgan fingerprint density at radius 2 is 1.81 bits per heavy atom. The van der Waals surface area contributed by atoms with E-state index in [0.717, 1.165) is 38.4 Å². The Labute approximate surface area is 189 Å². The number of carbonyl (C=O) groups excluding carboxylic acids is 1. The summed E-state index contributed by atoms with van der Waals surface area (Å²) in [5.74, 6) is 2.19. The molecule has 2 aliphatic rings. The minimum Gasteiger partial charge on any atom is -0.492 e. The monoisotopic (exact) mass is 436 g/mol. The van der Waals surface area contributed by atoms with Gasteiger partial charge in [0.15, 0.2) is 0 Å². The summed E-state index contributed by atoms with van der Waals surface area (Å²) in [4.78, 5) is 9.85. The third-order valence-electron chi connectivity index (χ3n) is 5.92. The number of rotatable bonds is 5. The van der Waals surface area contributed by atoms with E-state index in [1.54, 1.807) is 13.8 Å². The van der Waals surface area contributed by atoms with Gasteiger partial charge in [-0.2, -0.15) is 0 Å². The second-order valence-electron chi connectivity index (χ2n) is 8.59. The van der Waals surface area contributed by atoms with Gasteiger partial charge < -0.3 is 24.9 Å². The maximum atomic E-state index is 9.94. The Hall–Kier alpha value is -1.69. The third-order valence-corrected chi connectivity index (χ3v) is 5.92. The molecule has 6 unspecified atom stereocenters. The zero-order chi connectivity index (χ0) is 24.0. The summed E-state index contributed by atoms with van der Waals surface area (Å²) in [7, 11) is 1.00. The second-order valence-corrected chi connectivity index (χ2v) is 8.59. The van der Waals surface area contributed by atoms with E-state index in [0.29, 0.717) is 18.3 Å². The van der Waals surface area contributed by atoms with Gasteiger partial charge in [0.1, 0.15) is 12.4 Å². The number of aldehydes is 1. The molecule has 0 spiro atoms. The van der Waals surface area contributed by atoms with Crippen LogP contribution in [0.15, 0.2) is 48.3 Å². The third kappa shape index (κ3) is 10.9. The average Bonchev–Trinajstić information content (AvgIpc) is 2.75. The topological polar surface area (TPSA) is 87.0 Å². The van der Waals surface area contributed by atoms with Crippen LogP contribution in [0.1, 0.15) is 60.3 Å². The fraction of sp³-hybridized carbons (Fsp3) is 0.654. The van der Waals surface area contributed by atoms with E-state index in [-0.39, 0.29) is 24.0 Å². The summed E-state index contributed by atoms with van der Waals surface area (Å²) in [5, 5.41) is 25.9. The van der Waals surface area contributed by atoms with Crippen molar-refractivity contribution >= 4 is 6.29 Å². The van der Waals surface area contributed by atoms with Crippen molar-refractivity contribution in [2.24, 2.45) is 23.7 Å². The molecule has 0 aromatic carbocycles. The minimum absolute atomic E-state index is 0.171. The first kappa shape index (κ1) is 29.3. The van der Waals surface area contributed by atoms with Crippen molar-refractivity contribution in [2.45, 2.75) is 78.6 Å². The lowest BCUT2D eigenvalue weighted by Gasteiger charge is -2.32. The molecule has 1 heterocycles. The van der Waals surface area contributed by atoms with Crippen molar-refractivity contribution < 1.29 is 24.9 Å². The van der Waals surface area contributed by atoms with Crippen LogP contribution >= 0.6 is 0 Å². The van der Waals surface area contributed by atoms with Crippen LogP contribution < -0.4 is 0 Å². The molecule has 0 radical (unpaired) electrons. The number of hydrogen-bond acceptors (Lipinski definition) is 5. The molecule has 0 bridgehead atoms. The summed E-state index contributed by atoms with van der Waals surface area (Å²) >= 11 is 0. The van der Waals surface area contributed by atoms with E-state index in [4.69, 9.17) is 14.9 Å². The molecular weight excluding hydrogens is 392 g/mol. The van der Waals surface area contributed by atoms with Crippen molar-refractivity contribution in [3.63, 3.8) is 0 Å². The zero-order valence-corrected chi connectivity index (χ0v) is 20.2. The van der Waals surface area contributed by atoms with Gasteiger partial charge in [0, 0.05) is 31.8 Å². The molecule has 31 heavy (non-hydrogen) atoms. The average molecular weight is 437 g/mol. The Morgan fingerprint density at radius 3 is 2.35 bits per heavy atom. The van der Waals surface area contributed by atoms with Crippen LogP contribution in [0, 0.1) is 23.7 Å². The highest BCUT2D eigenvalue weighted by Gasteiger charge is 2.28. The lowest BCUT2D eigenvalue weighted by molar-refractivity contribution is -0.108. The molecule has 0 aromatic rings. The first-order chi connectivity index (χ1) is 14.7. The molecular formula is C26H44O5. The van der Waals surface area contributed by atoms with Gasteiger partial charge in [0.2, 0.25) is 0 Å². The van der Waals surface area contributed by atoms with Gasteiger partial charge in [-0.3, -0.25) is 0 Å². The number of ether oxygens (including phenoxy) is 1. The van der Waals surface area contributed by atoms with Gasteiger partial charge >= 0.3 is 0 Å². The van der Waals surface area contributed by atoms with E-state index < -0.39 is 6.10 Å². The van der Waals surface area contributed by atoms with E-state index >= 15 is 0 Å². The molecule has 2 rings (SSSR count). The van der Waals surface area contributed by atoms with Gasteiger partial charge in [0.05, 0.1) is 18.0 Å². The summed E-state index contributed by atoms with van der Waals surface area (Å²) < 4.78 is 5.90. The van der Waals surface area contributed by atoms with Crippen LogP contribution in [0.25, 0.3) is 0 Å². The highest BCUT2D eigenvalue weighted by Crippen LogP contribution is 2.34. The van der Waals surface area contributed by atoms with Crippen LogP contribution in [0.5, 0.6) is 0 Å². The molecule has 7 atom stereocenters. The number of aliphatic hydroxyl groups excluding tert-OH is 3. The maximum Gasteiger partial charge on any atom is 0.130 e. The first-order valence-corrected chi connectivity index (χ1v) is 11.3. The molecule has 5 nitrogen and oxygen atoms in total. The Morgan fingerprint density at radius 1 is 1.19 bits per heavy atom. The number of aliphatic hydroxyl groups is 3. The second kappa shape index (κ2) is 16.0. The molecule has 0 amide bonds. The van der Waals surface area contributed by atoms with Gasteiger partial charge in [-0.15, -0.1) is 0 Å². The van der Waals surface area contributed by atoms with Crippen LogP contribution in [0.4, 0.5) is 0 Å². The van der Waals surface area contributed by atoms with E-state index in [1.165, 1.54) is 5.57 Å². The summed E-state index contributed by atoms with van der Waals surface area (Å²) in [5.41, 5.74) is 1.37. The highest BCUT2D eigenvalue weighted by molar-refractivity contribution is 5.49. The first-order valence-electron chi connectivity index (χ1n) is 11.3.